The fourth-order valence-electron chi connectivity index (χ4n) is 3.02. The van der Waals surface area contributed by atoms with Gasteiger partial charge in [-0.25, -0.2) is 4.98 Å². The van der Waals surface area contributed by atoms with Crippen LogP contribution in [0.4, 0.5) is 5.95 Å². The predicted molar refractivity (Wildman–Crippen MR) is 96.9 cm³/mol. The van der Waals surface area contributed by atoms with E-state index < -0.39 is 0 Å². The zero-order valence-electron chi connectivity index (χ0n) is 14.0. The van der Waals surface area contributed by atoms with Gasteiger partial charge in [0.2, 0.25) is 5.95 Å². The molecule has 0 radical (unpaired) electrons. The molecule has 0 aliphatic carbocycles. The van der Waals surface area contributed by atoms with Crippen LogP contribution in [0, 0.1) is 24.7 Å². The predicted octanol–water partition coefficient (Wildman–Crippen LogP) is 1.71. The summed E-state index contributed by atoms with van der Waals surface area (Å²) in [5, 5.41) is 21.8. The molecule has 0 bridgehead atoms. The number of benzene rings is 1. The molecule has 6 heteroatoms. The Hall–Kier alpha value is -3.09. The van der Waals surface area contributed by atoms with E-state index in [9.17, 15) is 5.11 Å². The number of phenols is 1. The molecule has 0 saturated carbocycles. The van der Waals surface area contributed by atoms with E-state index in [4.69, 9.17) is 12.8 Å². The van der Waals surface area contributed by atoms with Crippen LogP contribution >= 0.6 is 0 Å². The maximum atomic E-state index is 10.2. The Morgan fingerprint density at radius 3 is 2.76 bits per heavy atom. The molecule has 1 fully saturated rings. The molecule has 0 unspecified atom stereocenters. The number of rotatable bonds is 3. The van der Waals surface area contributed by atoms with Crippen molar-refractivity contribution in [3.8, 4) is 41.7 Å². The Bertz CT molecular complexity index is 848. The zero-order chi connectivity index (χ0) is 17.8. The fourth-order valence-corrected chi connectivity index (χ4v) is 3.02. The van der Waals surface area contributed by atoms with E-state index in [0.29, 0.717) is 34.4 Å². The van der Waals surface area contributed by atoms with Crippen molar-refractivity contribution >= 4 is 5.95 Å². The van der Waals surface area contributed by atoms with Crippen LogP contribution in [0.2, 0.25) is 0 Å². The second-order valence-electron chi connectivity index (χ2n) is 6.12. The fraction of sp³-hybridized carbons (Fsp3) is 0.316. The minimum Gasteiger partial charge on any atom is -0.507 e. The van der Waals surface area contributed by atoms with E-state index in [1.54, 1.807) is 12.3 Å². The van der Waals surface area contributed by atoms with Crippen LogP contribution < -0.4 is 5.32 Å². The number of piperidine rings is 1. The number of hydrogen-bond donors (Lipinski definition) is 2. The molecule has 2 heterocycles. The van der Waals surface area contributed by atoms with Gasteiger partial charge in [-0.05, 0) is 38.6 Å². The molecule has 25 heavy (non-hydrogen) atoms. The smallest absolute Gasteiger partial charge is 0.242 e. The molecule has 0 spiro atoms. The highest BCUT2D eigenvalue weighted by Crippen LogP contribution is 2.31. The van der Waals surface area contributed by atoms with Crippen molar-refractivity contribution in [1.82, 2.24) is 20.1 Å². The van der Waals surface area contributed by atoms with Gasteiger partial charge in [0, 0.05) is 23.7 Å². The second kappa shape index (κ2) is 7.21. The van der Waals surface area contributed by atoms with Gasteiger partial charge in [0.1, 0.15) is 11.4 Å². The number of anilines is 1. The molecule has 2 aromatic rings. The highest BCUT2D eigenvalue weighted by molar-refractivity contribution is 5.75. The van der Waals surface area contributed by atoms with Crippen LogP contribution in [0.1, 0.15) is 24.0 Å². The van der Waals surface area contributed by atoms with Crippen molar-refractivity contribution in [3.05, 3.63) is 29.5 Å². The van der Waals surface area contributed by atoms with Crippen molar-refractivity contribution < 1.29 is 5.11 Å². The lowest BCUT2D eigenvalue weighted by Gasteiger charge is -2.29. The van der Waals surface area contributed by atoms with E-state index in [1.165, 1.54) is 6.07 Å². The lowest BCUT2D eigenvalue weighted by Crippen LogP contribution is -2.40. The molecule has 126 valence electrons. The average Bonchev–Trinajstić information content (AvgIpc) is 2.62. The average molecular weight is 333 g/mol. The number of aromatic nitrogens is 3. The largest absolute Gasteiger partial charge is 0.507 e. The highest BCUT2D eigenvalue weighted by Gasteiger charge is 2.18. The molecule has 1 aliphatic heterocycles. The number of aromatic hydroxyl groups is 1. The minimum atomic E-state index is -0.0332. The third-order valence-corrected chi connectivity index (χ3v) is 4.22. The molecular weight excluding hydrogens is 314 g/mol. The van der Waals surface area contributed by atoms with Crippen LogP contribution in [-0.4, -0.2) is 51.4 Å². The lowest BCUT2D eigenvalue weighted by atomic mass is 10.0. The van der Waals surface area contributed by atoms with E-state index in [0.717, 1.165) is 25.9 Å². The summed E-state index contributed by atoms with van der Waals surface area (Å²) < 4.78 is 0. The van der Waals surface area contributed by atoms with Crippen LogP contribution in [0.5, 0.6) is 5.75 Å². The molecule has 1 aromatic heterocycles. The molecule has 6 nitrogen and oxygen atoms in total. The molecule has 0 amide bonds. The molecule has 1 saturated heterocycles. The summed E-state index contributed by atoms with van der Waals surface area (Å²) in [5.41, 5.74) is 1.78. The minimum absolute atomic E-state index is 0.0332. The summed E-state index contributed by atoms with van der Waals surface area (Å²) in [5.74, 6) is 5.41. The van der Waals surface area contributed by atoms with Gasteiger partial charge in [-0.2, -0.15) is 0 Å². The van der Waals surface area contributed by atoms with Gasteiger partial charge in [0.25, 0.3) is 0 Å². The number of hydrogen-bond acceptors (Lipinski definition) is 6. The first-order chi connectivity index (χ1) is 12.1. The van der Waals surface area contributed by atoms with Crippen LogP contribution in [-0.2, 0) is 0 Å². The molecular formula is C19H19N5O. The normalized spacial score (nSPS) is 17.5. The molecule has 3 rings (SSSR count). The Morgan fingerprint density at radius 2 is 2.12 bits per heavy atom. The van der Waals surface area contributed by atoms with Crippen molar-refractivity contribution in [3.63, 3.8) is 0 Å². The Balaban J connectivity index is 1.84. The Kier molecular flexibility index (Phi) is 4.83. The van der Waals surface area contributed by atoms with Gasteiger partial charge in [-0.3, -0.25) is 0 Å². The van der Waals surface area contributed by atoms with Gasteiger partial charge in [0.15, 0.2) is 0 Å². The maximum Gasteiger partial charge on any atom is 0.242 e. The Labute approximate surface area is 147 Å². The van der Waals surface area contributed by atoms with Crippen LogP contribution in [0.3, 0.4) is 0 Å². The first kappa shape index (κ1) is 16.8. The van der Waals surface area contributed by atoms with Crippen molar-refractivity contribution in [2.24, 2.45) is 0 Å². The van der Waals surface area contributed by atoms with E-state index in [2.05, 4.69) is 44.3 Å². The van der Waals surface area contributed by atoms with Gasteiger partial charge in [-0.15, -0.1) is 23.0 Å². The van der Waals surface area contributed by atoms with Crippen LogP contribution in [0.15, 0.2) is 18.3 Å². The lowest BCUT2D eigenvalue weighted by molar-refractivity contribution is 0.260. The highest BCUT2D eigenvalue weighted by atomic mass is 16.3. The van der Waals surface area contributed by atoms with Gasteiger partial charge < -0.3 is 15.3 Å². The standard InChI is InChI=1S/C19H19N5O/c1-4-13-9-14(5-2)18(17(25)10-13)16-11-20-19(23-22-16)21-15-7-6-8-24(3)12-15/h1-2,9-11,15,25H,6-8,12H2,3H3,(H,20,21,23)/t15-/m1/s1. The number of phenolic OH excluding ortho intramolecular Hbond substituents is 1. The first-order valence-electron chi connectivity index (χ1n) is 8.06. The van der Waals surface area contributed by atoms with E-state index >= 15 is 0 Å². The topological polar surface area (TPSA) is 74.2 Å². The number of terminal acetylenes is 2. The van der Waals surface area contributed by atoms with Gasteiger partial charge in [-0.1, -0.05) is 11.8 Å². The zero-order valence-corrected chi connectivity index (χ0v) is 14.0. The molecule has 1 atom stereocenters. The summed E-state index contributed by atoms with van der Waals surface area (Å²) in [6.07, 6.45) is 14.7. The summed E-state index contributed by atoms with van der Waals surface area (Å²) in [7, 11) is 2.10. The van der Waals surface area contributed by atoms with Crippen molar-refractivity contribution in [1.29, 1.82) is 0 Å². The van der Waals surface area contributed by atoms with E-state index in [-0.39, 0.29) is 5.75 Å². The maximum absolute atomic E-state index is 10.2. The second-order valence-corrected chi connectivity index (χ2v) is 6.12. The van der Waals surface area contributed by atoms with Gasteiger partial charge >= 0.3 is 0 Å². The Morgan fingerprint density at radius 1 is 1.28 bits per heavy atom. The summed E-state index contributed by atoms with van der Waals surface area (Å²) in [6, 6.07) is 3.43. The molecule has 1 aromatic carbocycles. The third kappa shape index (κ3) is 3.71. The van der Waals surface area contributed by atoms with E-state index in [1.807, 2.05) is 0 Å². The summed E-state index contributed by atoms with van der Waals surface area (Å²) >= 11 is 0. The van der Waals surface area contributed by atoms with Crippen molar-refractivity contribution in [2.45, 2.75) is 18.9 Å². The van der Waals surface area contributed by atoms with Gasteiger partial charge in [0.05, 0.1) is 11.8 Å². The third-order valence-electron chi connectivity index (χ3n) is 4.22. The molecule has 2 N–H and O–H groups in total. The quantitative estimate of drug-likeness (QED) is 0.833. The first-order valence-corrected chi connectivity index (χ1v) is 8.06. The molecule has 1 aliphatic rings. The number of likely N-dealkylation sites (N-methyl/N-ethyl adjacent to an activating group) is 1. The van der Waals surface area contributed by atoms with Crippen molar-refractivity contribution in [2.75, 3.05) is 25.5 Å². The monoisotopic (exact) mass is 333 g/mol. The number of nitrogens with zero attached hydrogens (tertiary/aromatic N) is 4. The van der Waals surface area contributed by atoms with Crippen LogP contribution in [0.25, 0.3) is 11.3 Å². The SMILES string of the molecule is C#Cc1cc(O)c(-c2cnc(N[C@@H]3CCCN(C)C3)nn2)c(C#C)c1. The number of likely N-dealkylation sites (tertiary alicyclic amines) is 1. The summed E-state index contributed by atoms with van der Waals surface area (Å²) in [6.45, 7) is 2.05. The summed E-state index contributed by atoms with van der Waals surface area (Å²) in [4.78, 5) is 6.58. The number of nitrogens with one attached hydrogen (secondary N) is 1.